The monoisotopic (exact) mass is 315 g/mol. The first-order valence-corrected chi connectivity index (χ1v) is 9.68. The lowest BCUT2D eigenvalue weighted by Crippen LogP contribution is -2.30. The summed E-state index contributed by atoms with van der Waals surface area (Å²) >= 11 is 0. The van der Waals surface area contributed by atoms with Crippen molar-refractivity contribution in [2.24, 2.45) is 34.3 Å². The van der Waals surface area contributed by atoms with E-state index in [1.54, 1.807) is 16.7 Å². The maximum Gasteiger partial charge on any atom is 0.0988 e. The lowest BCUT2D eigenvalue weighted by atomic mass is 9.69. The minimum Gasteiger partial charge on any atom is -0.150 e. The van der Waals surface area contributed by atoms with Gasteiger partial charge in [-0.1, -0.05) is 62.6 Å². The van der Waals surface area contributed by atoms with E-state index in [-0.39, 0.29) is 11.5 Å². The highest BCUT2D eigenvalue weighted by Gasteiger charge is 2.45. The second-order valence-corrected chi connectivity index (χ2v) is 8.75. The zero-order chi connectivity index (χ0) is 16.8. The van der Waals surface area contributed by atoms with E-state index in [2.05, 4.69) is 45.9 Å². The largest absolute Gasteiger partial charge is 0.150 e. The molecule has 0 bridgehead atoms. The molecule has 5 atom stereocenters. The molecule has 0 amide bonds. The van der Waals surface area contributed by atoms with Crippen LogP contribution in [0.1, 0.15) is 73.1 Å². The molecule has 23 heavy (non-hydrogen) atoms. The van der Waals surface area contributed by atoms with E-state index in [0.29, 0.717) is 17.8 Å². The van der Waals surface area contributed by atoms with E-state index >= 15 is 0 Å². The van der Waals surface area contributed by atoms with Gasteiger partial charge in [0.05, 0.1) is 6.04 Å². The summed E-state index contributed by atoms with van der Waals surface area (Å²) in [5.41, 5.74) is 5.00. The maximum absolute atomic E-state index is 11.7. The van der Waals surface area contributed by atoms with Crippen LogP contribution in [-0.2, 0) is 0 Å². The molecule has 0 aromatic heterocycles. The van der Waals surface area contributed by atoms with Crippen molar-refractivity contribution in [1.82, 2.24) is 0 Å². The number of hydrogen-bond donors (Lipinski definition) is 0. The van der Waals surface area contributed by atoms with Crippen molar-refractivity contribution in [3.63, 3.8) is 0 Å². The quantitative estimate of drug-likeness (QED) is 0.445. The van der Waals surface area contributed by atoms with Crippen molar-refractivity contribution in [2.75, 3.05) is 0 Å². The predicted octanol–water partition coefficient (Wildman–Crippen LogP) is 6.28. The Labute approximate surface area is 141 Å². The van der Waals surface area contributed by atoms with Gasteiger partial charge in [-0.2, -0.15) is 4.91 Å². The molecule has 0 saturated heterocycles. The summed E-state index contributed by atoms with van der Waals surface area (Å²) in [5.74, 6) is 2.30. The summed E-state index contributed by atoms with van der Waals surface area (Å²) in [6.07, 6.45) is 9.77. The molecular weight excluding hydrogens is 282 g/mol. The van der Waals surface area contributed by atoms with Gasteiger partial charge in [0, 0.05) is 5.41 Å². The van der Waals surface area contributed by atoms with Crippen molar-refractivity contribution in [3.8, 4) is 0 Å². The highest BCUT2D eigenvalue weighted by Crippen LogP contribution is 2.55. The number of nitroso groups, excluding NO2 is 1. The van der Waals surface area contributed by atoms with Crippen LogP contribution in [0.25, 0.3) is 0 Å². The van der Waals surface area contributed by atoms with Gasteiger partial charge in [0.15, 0.2) is 0 Å². The molecule has 3 aliphatic carbocycles. The molecule has 2 heteroatoms. The second-order valence-electron chi connectivity index (χ2n) is 8.75. The number of hydrogen-bond acceptors (Lipinski definition) is 2. The number of rotatable bonds is 3. The molecule has 1 saturated carbocycles. The van der Waals surface area contributed by atoms with Crippen LogP contribution in [-0.4, -0.2) is 6.04 Å². The van der Waals surface area contributed by atoms with E-state index in [1.807, 2.05) is 0 Å². The Bertz CT molecular complexity index is 544. The molecule has 2 nitrogen and oxygen atoms in total. The van der Waals surface area contributed by atoms with E-state index in [1.165, 1.54) is 32.1 Å². The fraction of sp³-hybridized carbons (Fsp3) is 0.810. The highest BCUT2D eigenvalue weighted by molar-refractivity contribution is 5.38. The Morgan fingerprint density at radius 1 is 1.35 bits per heavy atom. The molecule has 0 aromatic carbocycles. The van der Waals surface area contributed by atoms with Crippen LogP contribution in [0.15, 0.2) is 28.0 Å². The minimum atomic E-state index is -0.0412. The Morgan fingerprint density at radius 2 is 2.09 bits per heavy atom. The van der Waals surface area contributed by atoms with Gasteiger partial charge >= 0.3 is 0 Å². The fourth-order valence-electron chi connectivity index (χ4n) is 5.64. The van der Waals surface area contributed by atoms with Gasteiger partial charge in [-0.15, -0.1) is 0 Å². The fourth-order valence-corrected chi connectivity index (χ4v) is 5.64. The third-order valence-electron chi connectivity index (χ3n) is 7.18. The van der Waals surface area contributed by atoms with Crippen LogP contribution in [0.3, 0.4) is 0 Å². The third-order valence-corrected chi connectivity index (χ3v) is 7.18. The smallest absolute Gasteiger partial charge is 0.0988 e. The lowest BCUT2D eigenvalue weighted by Gasteiger charge is -2.36. The van der Waals surface area contributed by atoms with Crippen molar-refractivity contribution >= 4 is 0 Å². The maximum atomic E-state index is 11.7. The van der Waals surface area contributed by atoms with E-state index < -0.39 is 0 Å². The summed E-state index contributed by atoms with van der Waals surface area (Å²) in [4.78, 5) is 11.7. The topological polar surface area (TPSA) is 29.4 Å². The van der Waals surface area contributed by atoms with Crippen LogP contribution in [0.2, 0.25) is 0 Å². The predicted molar refractivity (Wildman–Crippen MR) is 97.2 cm³/mol. The lowest BCUT2D eigenvalue weighted by molar-refractivity contribution is 0.315. The van der Waals surface area contributed by atoms with Crippen molar-refractivity contribution in [1.29, 1.82) is 0 Å². The zero-order valence-corrected chi connectivity index (χ0v) is 15.6. The minimum absolute atomic E-state index is 0.0412. The molecule has 0 spiro atoms. The van der Waals surface area contributed by atoms with Crippen LogP contribution in [0, 0.1) is 34.0 Å². The van der Waals surface area contributed by atoms with Gasteiger partial charge < -0.3 is 0 Å². The molecule has 0 radical (unpaired) electrons. The molecule has 3 rings (SSSR count). The van der Waals surface area contributed by atoms with Gasteiger partial charge in [0.25, 0.3) is 0 Å². The second kappa shape index (κ2) is 6.18. The Balaban J connectivity index is 2.13. The Hall–Kier alpha value is -0.920. The molecule has 0 aliphatic heterocycles. The van der Waals surface area contributed by atoms with Crippen LogP contribution in [0.5, 0.6) is 0 Å². The van der Waals surface area contributed by atoms with Crippen molar-refractivity contribution in [2.45, 2.75) is 79.2 Å². The summed E-state index contributed by atoms with van der Waals surface area (Å²) in [7, 11) is 0. The van der Waals surface area contributed by atoms with Gasteiger partial charge in [-0.05, 0) is 62.2 Å². The molecule has 0 aromatic rings. The molecule has 0 N–H and O–H groups in total. The first-order valence-electron chi connectivity index (χ1n) is 9.68. The number of fused-ring (bicyclic) bond motifs is 2. The third kappa shape index (κ3) is 2.72. The highest BCUT2D eigenvalue weighted by atomic mass is 16.3. The normalized spacial score (nSPS) is 42.8. The molecule has 128 valence electrons. The summed E-state index contributed by atoms with van der Waals surface area (Å²) in [6, 6.07) is -0.0412. The van der Waals surface area contributed by atoms with Gasteiger partial charge in [0.2, 0.25) is 0 Å². The molecule has 1 fully saturated rings. The molecule has 3 aliphatic rings. The van der Waals surface area contributed by atoms with Crippen molar-refractivity contribution in [3.05, 3.63) is 27.7 Å². The van der Waals surface area contributed by atoms with E-state index in [9.17, 15) is 4.91 Å². The van der Waals surface area contributed by atoms with Crippen LogP contribution >= 0.6 is 0 Å². The summed E-state index contributed by atoms with van der Waals surface area (Å²) < 4.78 is 0. The average molecular weight is 316 g/mol. The van der Waals surface area contributed by atoms with Gasteiger partial charge in [-0.3, -0.25) is 0 Å². The van der Waals surface area contributed by atoms with Crippen LogP contribution in [0.4, 0.5) is 0 Å². The molecule has 5 unspecified atom stereocenters. The summed E-state index contributed by atoms with van der Waals surface area (Å²) in [6.45, 7) is 11.6. The van der Waals surface area contributed by atoms with E-state index in [0.717, 1.165) is 12.3 Å². The Morgan fingerprint density at radius 3 is 2.70 bits per heavy atom. The van der Waals surface area contributed by atoms with E-state index in [4.69, 9.17) is 0 Å². The molecular formula is C21H33NO. The van der Waals surface area contributed by atoms with Gasteiger partial charge in [-0.25, -0.2) is 0 Å². The first kappa shape index (κ1) is 16.9. The standard InChI is InChI=1S/C21H33NO/c1-6-15-7-8-17-14(4)20(22-23)11-19-16(13(2)3)9-10-21(19,5)12-18(15)17/h12-15,17,20H,6-11H2,1-5H3/b18-12-. The van der Waals surface area contributed by atoms with Crippen molar-refractivity contribution < 1.29 is 0 Å². The summed E-state index contributed by atoms with van der Waals surface area (Å²) in [5, 5.41) is 3.62. The van der Waals surface area contributed by atoms with Crippen LogP contribution < -0.4 is 0 Å². The average Bonchev–Trinajstić information content (AvgIpc) is 3.04. The molecule has 0 heterocycles. The van der Waals surface area contributed by atoms with Gasteiger partial charge in [0.1, 0.15) is 0 Å². The Kier molecular flexibility index (Phi) is 4.55. The SMILES string of the molecule is CCC1CCC2/C1=C\C1(C)CCC(C(C)C)=C1CC(N=O)C2C. The number of nitrogens with zero attached hydrogens (tertiary/aromatic N) is 1. The number of allylic oxidation sites excluding steroid dienone is 3. The first-order chi connectivity index (χ1) is 10.9. The zero-order valence-electron chi connectivity index (χ0n) is 15.6.